The number of hydrogen-bond donors (Lipinski definition) is 1. The molecule has 3 rings (SSSR count). The van der Waals surface area contributed by atoms with Crippen LogP contribution < -0.4 is 0 Å². The van der Waals surface area contributed by atoms with E-state index in [0.29, 0.717) is 6.61 Å². The Morgan fingerprint density at radius 2 is 1.38 bits per heavy atom. The second kappa shape index (κ2) is 7.80. The smallest absolute Gasteiger partial charge is 0.115 e. The van der Waals surface area contributed by atoms with Crippen LogP contribution in [0.2, 0.25) is 0 Å². The zero-order chi connectivity index (χ0) is 16.8. The Labute approximate surface area is 143 Å². The van der Waals surface area contributed by atoms with Crippen molar-refractivity contribution < 1.29 is 9.84 Å². The highest BCUT2D eigenvalue weighted by molar-refractivity contribution is 5.64. The van der Waals surface area contributed by atoms with E-state index in [2.05, 4.69) is 43.3 Å². The van der Waals surface area contributed by atoms with Gasteiger partial charge in [0.2, 0.25) is 0 Å². The standard InChI is InChI=1S/C22H22O2/c1-2-22(20-6-4-3-5-7-20)24-16-17-8-10-18(11-9-17)19-12-14-21(23)15-13-19/h3-15,22-23H,2,16H2,1H3. The Kier molecular flexibility index (Phi) is 5.29. The maximum atomic E-state index is 9.37. The Balaban J connectivity index is 1.65. The minimum absolute atomic E-state index is 0.128. The predicted octanol–water partition coefficient (Wildman–Crippen LogP) is 5.73. The fourth-order valence-corrected chi connectivity index (χ4v) is 2.76. The van der Waals surface area contributed by atoms with Crippen molar-refractivity contribution in [3.8, 4) is 16.9 Å². The van der Waals surface area contributed by atoms with Crippen LogP contribution >= 0.6 is 0 Å². The lowest BCUT2D eigenvalue weighted by atomic mass is 10.0. The highest BCUT2D eigenvalue weighted by Gasteiger charge is 2.09. The molecule has 24 heavy (non-hydrogen) atoms. The largest absolute Gasteiger partial charge is 0.508 e. The van der Waals surface area contributed by atoms with E-state index in [1.165, 1.54) is 5.56 Å². The number of ether oxygens (including phenoxy) is 1. The third kappa shape index (κ3) is 4.03. The summed E-state index contributed by atoms with van der Waals surface area (Å²) in [7, 11) is 0. The van der Waals surface area contributed by atoms with Crippen molar-refractivity contribution in [3.63, 3.8) is 0 Å². The first-order valence-electron chi connectivity index (χ1n) is 8.31. The molecule has 1 unspecified atom stereocenters. The first-order chi connectivity index (χ1) is 11.8. The molecule has 0 heterocycles. The Morgan fingerprint density at radius 1 is 0.792 bits per heavy atom. The molecule has 0 radical (unpaired) electrons. The van der Waals surface area contributed by atoms with Crippen molar-refractivity contribution in [1.29, 1.82) is 0 Å². The summed E-state index contributed by atoms with van der Waals surface area (Å²) in [5.41, 5.74) is 4.61. The van der Waals surface area contributed by atoms with Crippen LogP contribution in [0.3, 0.4) is 0 Å². The van der Waals surface area contributed by atoms with Crippen molar-refractivity contribution >= 4 is 0 Å². The molecule has 0 saturated carbocycles. The summed E-state index contributed by atoms with van der Waals surface area (Å²) in [6, 6.07) is 26.0. The van der Waals surface area contributed by atoms with E-state index in [4.69, 9.17) is 4.74 Å². The first-order valence-corrected chi connectivity index (χ1v) is 8.31. The number of benzene rings is 3. The number of rotatable bonds is 6. The van der Waals surface area contributed by atoms with Gasteiger partial charge >= 0.3 is 0 Å². The van der Waals surface area contributed by atoms with Gasteiger partial charge in [-0.05, 0) is 40.8 Å². The van der Waals surface area contributed by atoms with Gasteiger partial charge in [0.05, 0.1) is 12.7 Å². The van der Waals surface area contributed by atoms with Gasteiger partial charge in [0.15, 0.2) is 0 Å². The van der Waals surface area contributed by atoms with Crippen molar-refractivity contribution in [2.24, 2.45) is 0 Å². The van der Waals surface area contributed by atoms with Crippen LogP contribution in [-0.4, -0.2) is 5.11 Å². The molecule has 0 saturated heterocycles. The molecule has 122 valence electrons. The normalized spacial score (nSPS) is 12.0. The van der Waals surface area contributed by atoms with E-state index in [1.54, 1.807) is 12.1 Å². The minimum atomic E-state index is 0.128. The SMILES string of the molecule is CCC(OCc1ccc(-c2ccc(O)cc2)cc1)c1ccccc1. The van der Waals surface area contributed by atoms with E-state index in [9.17, 15) is 5.11 Å². The maximum absolute atomic E-state index is 9.37. The molecule has 0 aliphatic rings. The van der Waals surface area contributed by atoms with E-state index in [1.807, 2.05) is 30.3 Å². The zero-order valence-corrected chi connectivity index (χ0v) is 13.9. The summed E-state index contributed by atoms with van der Waals surface area (Å²) < 4.78 is 6.09. The maximum Gasteiger partial charge on any atom is 0.115 e. The van der Waals surface area contributed by atoms with Gasteiger partial charge in [-0.3, -0.25) is 0 Å². The van der Waals surface area contributed by atoms with Crippen LogP contribution in [0.25, 0.3) is 11.1 Å². The van der Waals surface area contributed by atoms with Gasteiger partial charge in [-0.2, -0.15) is 0 Å². The lowest BCUT2D eigenvalue weighted by molar-refractivity contribution is 0.0372. The number of phenols is 1. The van der Waals surface area contributed by atoms with Gasteiger partial charge in [0, 0.05) is 0 Å². The Hall–Kier alpha value is -2.58. The second-order valence-electron chi connectivity index (χ2n) is 5.86. The van der Waals surface area contributed by atoms with Crippen molar-refractivity contribution in [2.45, 2.75) is 26.1 Å². The van der Waals surface area contributed by atoms with Crippen LogP contribution in [0.15, 0.2) is 78.9 Å². The van der Waals surface area contributed by atoms with Gasteiger partial charge in [-0.1, -0.05) is 73.7 Å². The minimum Gasteiger partial charge on any atom is -0.508 e. The quantitative estimate of drug-likeness (QED) is 0.629. The number of aromatic hydroxyl groups is 1. The molecule has 1 atom stereocenters. The summed E-state index contributed by atoms with van der Waals surface area (Å²) >= 11 is 0. The Morgan fingerprint density at radius 3 is 1.96 bits per heavy atom. The van der Waals surface area contributed by atoms with Gasteiger partial charge in [0.1, 0.15) is 5.75 Å². The summed E-state index contributed by atoms with van der Waals surface area (Å²) in [6.45, 7) is 2.74. The summed E-state index contributed by atoms with van der Waals surface area (Å²) in [5, 5.41) is 9.37. The Bertz CT molecular complexity index is 746. The molecule has 2 nitrogen and oxygen atoms in total. The summed E-state index contributed by atoms with van der Waals surface area (Å²) in [6.07, 6.45) is 1.08. The van der Waals surface area contributed by atoms with Crippen LogP contribution in [-0.2, 0) is 11.3 Å². The molecule has 0 aliphatic heterocycles. The van der Waals surface area contributed by atoms with Crippen molar-refractivity contribution in [3.05, 3.63) is 90.0 Å². The first kappa shape index (κ1) is 16.3. The molecule has 3 aromatic carbocycles. The molecule has 0 amide bonds. The molecule has 0 bridgehead atoms. The summed E-state index contributed by atoms with van der Waals surface area (Å²) in [5.74, 6) is 0.287. The van der Waals surface area contributed by atoms with E-state index < -0.39 is 0 Å². The van der Waals surface area contributed by atoms with Crippen LogP contribution in [0.4, 0.5) is 0 Å². The van der Waals surface area contributed by atoms with Crippen LogP contribution in [0.5, 0.6) is 5.75 Å². The topological polar surface area (TPSA) is 29.5 Å². The molecule has 1 N–H and O–H groups in total. The highest BCUT2D eigenvalue weighted by atomic mass is 16.5. The molecule has 0 fully saturated rings. The van der Waals surface area contributed by atoms with Crippen LogP contribution in [0, 0.1) is 0 Å². The monoisotopic (exact) mass is 318 g/mol. The van der Waals surface area contributed by atoms with Gasteiger partial charge in [0.25, 0.3) is 0 Å². The third-order valence-electron chi connectivity index (χ3n) is 4.15. The molecular weight excluding hydrogens is 296 g/mol. The molecular formula is C22H22O2. The summed E-state index contributed by atoms with van der Waals surface area (Å²) in [4.78, 5) is 0. The lowest BCUT2D eigenvalue weighted by Gasteiger charge is -2.16. The molecule has 3 aromatic rings. The number of phenolic OH excluding ortho intramolecular Hbond substituents is 1. The molecule has 0 aliphatic carbocycles. The zero-order valence-electron chi connectivity index (χ0n) is 13.9. The van der Waals surface area contributed by atoms with Crippen molar-refractivity contribution in [1.82, 2.24) is 0 Å². The average Bonchev–Trinajstić information content (AvgIpc) is 2.64. The third-order valence-corrected chi connectivity index (χ3v) is 4.15. The van der Waals surface area contributed by atoms with Gasteiger partial charge in [-0.25, -0.2) is 0 Å². The second-order valence-corrected chi connectivity index (χ2v) is 5.86. The number of hydrogen-bond acceptors (Lipinski definition) is 2. The lowest BCUT2D eigenvalue weighted by Crippen LogP contribution is -2.03. The molecule has 2 heteroatoms. The highest BCUT2D eigenvalue weighted by Crippen LogP contribution is 2.25. The predicted molar refractivity (Wildman–Crippen MR) is 97.8 cm³/mol. The fraction of sp³-hybridized carbons (Fsp3) is 0.182. The fourth-order valence-electron chi connectivity index (χ4n) is 2.76. The van der Waals surface area contributed by atoms with Gasteiger partial charge in [-0.15, -0.1) is 0 Å². The average molecular weight is 318 g/mol. The van der Waals surface area contributed by atoms with E-state index in [0.717, 1.165) is 23.1 Å². The molecule has 0 spiro atoms. The van der Waals surface area contributed by atoms with E-state index >= 15 is 0 Å². The van der Waals surface area contributed by atoms with Crippen molar-refractivity contribution in [2.75, 3.05) is 0 Å². The van der Waals surface area contributed by atoms with Crippen LogP contribution in [0.1, 0.15) is 30.6 Å². The van der Waals surface area contributed by atoms with E-state index in [-0.39, 0.29) is 11.9 Å². The molecule has 0 aromatic heterocycles. The van der Waals surface area contributed by atoms with Gasteiger partial charge < -0.3 is 9.84 Å².